The second kappa shape index (κ2) is 5.32. The van der Waals surface area contributed by atoms with Crippen molar-refractivity contribution in [2.24, 2.45) is 0 Å². The third kappa shape index (κ3) is 4.20. The van der Waals surface area contributed by atoms with Gasteiger partial charge in [0.25, 0.3) is 0 Å². The lowest BCUT2D eigenvalue weighted by molar-refractivity contribution is 0.0523. The Bertz CT molecular complexity index is 354. The van der Waals surface area contributed by atoms with E-state index in [1.807, 2.05) is 32.2 Å². The predicted molar refractivity (Wildman–Crippen MR) is 63.3 cm³/mol. The van der Waals surface area contributed by atoms with Crippen LogP contribution in [0.2, 0.25) is 0 Å². The molecule has 1 rings (SSSR count). The first kappa shape index (κ1) is 13.0. The molecule has 0 aliphatic heterocycles. The zero-order valence-electron chi connectivity index (χ0n) is 9.74. The molecule has 5 heteroatoms. The standard InChI is InChI=1S/C11H17NO3S/c1-11(2,3)15-10(14)12-6-8-4-5-16-9(8)7-13/h4-5,13H,6-7H2,1-3H3,(H,12,14). The first-order valence-electron chi connectivity index (χ1n) is 5.05. The topological polar surface area (TPSA) is 58.6 Å². The van der Waals surface area contributed by atoms with Gasteiger partial charge in [-0.25, -0.2) is 4.79 Å². The molecule has 0 aliphatic carbocycles. The van der Waals surface area contributed by atoms with E-state index < -0.39 is 11.7 Å². The van der Waals surface area contributed by atoms with Crippen molar-refractivity contribution in [2.75, 3.05) is 0 Å². The summed E-state index contributed by atoms with van der Waals surface area (Å²) in [5.74, 6) is 0. The number of alkyl carbamates (subject to hydrolysis) is 1. The van der Waals surface area contributed by atoms with Gasteiger partial charge in [-0.2, -0.15) is 0 Å². The van der Waals surface area contributed by atoms with E-state index in [2.05, 4.69) is 5.32 Å². The zero-order valence-corrected chi connectivity index (χ0v) is 10.6. The molecule has 0 aliphatic rings. The van der Waals surface area contributed by atoms with Crippen LogP contribution in [0.1, 0.15) is 31.2 Å². The van der Waals surface area contributed by atoms with Gasteiger partial charge in [-0.05, 0) is 37.8 Å². The van der Waals surface area contributed by atoms with Crippen molar-refractivity contribution in [2.45, 2.75) is 39.5 Å². The second-order valence-corrected chi connectivity index (χ2v) is 5.38. The Morgan fingerprint density at radius 3 is 2.81 bits per heavy atom. The maximum Gasteiger partial charge on any atom is 0.407 e. The van der Waals surface area contributed by atoms with Crippen molar-refractivity contribution in [3.05, 3.63) is 21.9 Å². The average molecular weight is 243 g/mol. The fraction of sp³-hybridized carbons (Fsp3) is 0.545. The highest BCUT2D eigenvalue weighted by Crippen LogP contribution is 2.16. The van der Waals surface area contributed by atoms with Gasteiger partial charge in [-0.15, -0.1) is 11.3 Å². The van der Waals surface area contributed by atoms with Gasteiger partial charge in [0.05, 0.1) is 6.61 Å². The molecule has 90 valence electrons. The fourth-order valence-corrected chi connectivity index (χ4v) is 1.91. The number of rotatable bonds is 3. The smallest absolute Gasteiger partial charge is 0.407 e. The number of hydrogen-bond donors (Lipinski definition) is 2. The number of ether oxygens (including phenoxy) is 1. The Hall–Kier alpha value is -1.07. The summed E-state index contributed by atoms with van der Waals surface area (Å²) < 4.78 is 5.10. The molecule has 1 heterocycles. The summed E-state index contributed by atoms with van der Waals surface area (Å²) in [5.41, 5.74) is 0.441. The molecule has 0 unspecified atom stereocenters. The summed E-state index contributed by atoms with van der Waals surface area (Å²) in [6, 6.07) is 1.88. The van der Waals surface area contributed by atoms with Crippen LogP contribution in [-0.2, 0) is 17.9 Å². The molecule has 0 saturated carbocycles. The second-order valence-electron chi connectivity index (χ2n) is 4.38. The van der Waals surface area contributed by atoms with E-state index >= 15 is 0 Å². The minimum atomic E-state index is -0.488. The molecule has 1 aromatic heterocycles. The molecule has 0 saturated heterocycles. The van der Waals surface area contributed by atoms with Gasteiger partial charge in [0, 0.05) is 11.4 Å². The van der Waals surface area contributed by atoms with Crippen LogP contribution in [0.4, 0.5) is 4.79 Å². The monoisotopic (exact) mass is 243 g/mol. The number of aliphatic hydroxyl groups is 1. The number of amides is 1. The van der Waals surface area contributed by atoms with Crippen LogP contribution in [0.5, 0.6) is 0 Å². The third-order valence-corrected chi connectivity index (χ3v) is 2.75. The molecule has 0 fully saturated rings. The first-order valence-corrected chi connectivity index (χ1v) is 5.93. The molecule has 4 nitrogen and oxygen atoms in total. The van der Waals surface area contributed by atoms with Crippen molar-refractivity contribution in [1.29, 1.82) is 0 Å². The maximum atomic E-state index is 11.4. The number of hydrogen-bond acceptors (Lipinski definition) is 4. The fourth-order valence-electron chi connectivity index (χ4n) is 1.14. The van der Waals surface area contributed by atoms with Gasteiger partial charge in [0.1, 0.15) is 5.60 Å². The van der Waals surface area contributed by atoms with Crippen LogP contribution in [0.15, 0.2) is 11.4 Å². The van der Waals surface area contributed by atoms with Gasteiger partial charge < -0.3 is 15.2 Å². The third-order valence-electron chi connectivity index (χ3n) is 1.80. The number of carbonyl (C=O) groups is 1. The van der Waals surface area contributed by atoms with E-state index in [0.29, 0.717) is 6.54 Å². The Labute approximate surface area is 99.2 Å². The summed E-state index contributed by atoms with van der Waals surface area (Å²) in [7, 11) is 0. The highest BCUT2D eigenvalue weighted by atomic mass is 32.1. The van der Waals surface area contributed by atoms with Crippen molar-refractivity contribution in [1.82, 2.24) is 5.32 Å². The maximum absolute atomic E-state index is 11.4. The van der Waals surface area contributed by atoms with E-state index in [1.54, 1.807) is 0 Å². The van der Waals surface area contributed by atoms with Crippen LogP contribution in [0, 0.1) is 0 Å². The quantitative estimate of drug-likeness (QED) is 0.856. The number of nitrogens with one attached hydrogen (secondary N) is 1. The molecule has 1 aromatic rings. The van der Waals surface area contributed by atoms with Gasteiger partial charge >= 0.3 is 6.09 Å². The normalized spacial score (nSPS) is 11.2. The SMILES string of the molecule is CC(C)(C)OC(=O)NCc1ccsc1CO. The highest BCUT2D eigenvalue weighted by molar-refractivity contribution is 7.10. The van der Waals surface area contributed by atoms with Crippen molar-refractivity contribution >= 4 is 17.4 Å². The van der Waals surface area contributed by atoms with Gasteiger partial charge in [-0.3, -0.25) is 0 Å². The molecular formula is C11H17NO3S. The van der Waals surface area contributed by atoms with Crippen LogP contribution in [0.25, 0.3) is 0 Å². The number of thiophene rings is 1. The Balaban J connectivity index is 2.43. The lowest BCUT2D eigenvalue weighted by Crippen LogP contribution is -2.32. The molecule has 0 radical (unpaired) electrons. The van der Waals surface area contributed by atoms with Crippen LogP contribution in [-0.4, -0.2) is 16.8 Å². The minimum Gasteiger partial charge on any atom is -0.444 e. The Morgan fingerprint density at radius 2 is 2.25 bits per heavy atom. The van der Waals surface area contributed by atoms with Crippen LogP contribution < -0.4 is 5.32 Å². The molecule has 0 aromatic carbocycles. The van der Waals surface area contributed by atoms with E-state index in [9.17, 15) is 4.79 Å². The molecule has 1 amide bonds. The zero-order chi connectivity index (χ0) is 12.2. The van der Waals surface area contributed by atoms with Gasteiger partial charge in [0.15, 0.2) is 0 Å². The average Bonchev–Trinajstić information content (AvgIpc) is 2.59. The van der Waals surface area contributed by atoms with E-state index in [-0.39, 0.29) is 6.61 Å². The summed E-state index contributed by atoms with van der Waals surface area (Å²) in [5, 5.41) is 13.6. The lowest BCUT2D eigenvalue weighted by atomic mass is 10.2. The summed E-state index contributed by atoms with van der Waals surface area (Å²) in [6.45, 7) is 5.83. The first-order chi connectivity index (χ1) is 7.42. The molecule has 0 bridgehead atoms. The highest BCUT2D eigenvalue weighted by Gasteiger charge is 2.16. The van der Waals surface area contributed by atoms with Crippen molar-refractivity contribution < 1.29 is 14.6 Å². The largest absolute Gasteiger partial charge is 0.444 e. The molecule has 16 heavy (non-hydrogen) atoms. The predicted octanol–water partition coefficient (Wildman–Crippen LogP) is 2.27. The molecule has 0 spiro atoms. The van der Waals surface area contributed by atoms with Crippen LogP contribution in [0.3, 0.4) is 0 Å². The minimum absolute atomic E-state index is 0.00297. The van der Waals surface area contributed by atoms with E-state index in [0.717, 1.165) is 10.4 Å². The van der Waals surface area contributed by atoms with Crippen molar-refractivity contribution in [3.8, 4) is 0 Å². The number of carbonyl (C=O) groups excluding carboxylic acids is 1. The van der Waals surface area contributed by atoms with Gasteiger partial charge in [0.2, 0.25) is 0 Å². The molecule has 0 atom stereocenters. The molecular weight excluding hydrogens is 226 g/mol. The number of aliphatic hydroxyl groups excluding tert-OH is 1. The van der Waals surface area contributed by atoms with Crippen molar-refractivity contribution in [3.63, 3.8) is 0 Å². The Kier molecular flexibility index (Phi) is 4.32. The summed E-state index contributed by atoms with van der Waals surface area (Å²) >= 11 is 1.47. The lowest BCUT2D eigenvalue weighted by Gasteiger charge is -2.19. The van der Waals surface area contributed by atoms with E-state index in [4.69, 9.17) is 9.84 Å². The summed E-state index contributed by atoms with van der Waals surface area (Å²) in [4.78, 5) is 12.2. The van der Waals surface area contributed by atoms with E-state index in [1.165, 1.54) is 11.3 Å². The molecule has 2 N–H and O–H groups in total. The summed E-state index contributed by atoms with van der Waals surface area (Å²) in [6.07, 6.45) is -0.442. The van der Waals surface area contributed by atoms with Crippen LogP contribution >= 0.6 is 11.3 Å². The Morgan fingerprint density at radius 1 is 1.56 bits per heavy atom. The van der Waals surface area contributed by atoms with Gasteiger partial charge in [-0.1, -0.05) is 0 Å².